The van der Waals surface area contributed by atoms with Crippen LogP contribution in [0.5, 0.6) is 0 Å². The third kappa shape index (κ3) is 2.43. The van der Waals surface area contributed by atoms with E-state index in [-0.39, 0.29) is 5.76 Å². The number of aryl methyl sites for hydroxylation is 1. The Kier molecular flexibility index (Phi) is 3.16. The molecular formula is C14H19N3O2. The first kappa shape index (κ1) is 12.4. The minimum atomic E-state index is -0.316. The van der Waals surface area contributed by atoms with Crippen LogP contribution in [-0.4, -0.2) is 17.2 Å². The van der Waals surface area contributed by atoms with Crippen molar-refractivity contribution in [1.82, 2.24) is 9.88 Å². The molecule has 0 amide bonds. The second-order valence-corrected chi connectivity index (χ2v) is 5.46. The number of nitrogens with zero attached hydrogens (tertiary/aromatic N) is 1. The standard InChI is InChI=1S/C14H19N3O2/c1-17-12-6-9(2-3-13(12)19-14(17)18)7-16-8-10-4-11(15)5-10/h2-3,6,10-11,16H,4-5,7-8,15H2,1H3. The second kappa shape index (κ2) is 4.83. The van der Waals surface area contributed by atoms with Crippen LogP contribution in [0.4, 0.5) is 0 Å². The monoisotopic (exact) mass is 261 g/mol. The van der Waals surface area contributed by atoms with Gasteiger partial charge in [0.15, 0.2) is 5.58 Å². The van der Waals surface area contributed by atoms with Crippen molar-refractivity contribution < 1.29 is 4.42 Å². The van der Waals surface area contributed by atoms with E-state index >= 15 is 0 Å². The van der Waals surface area contributed by atoms with E-state index in [9.17, 15) is 4.79 Å². The topological polar surface area (TPSA) is 73.2 Å². The van der Waals surface area contributed by atoms with Crippen molar-refractivity contribution in [3.8, 4) is 0 Å². The first-order valence-electron chi connectivity index (χ1n) is 6.68. The maximum atomic E-state index is 11.4. The molecule has 5 heteroatoms. The fourth-order valence-electron chi connectivity index (χ4n) is 2.66. The quantitative estimate of drug-likeness (QED) is 0.859. The summed E-state index contributed by atoms with van der Waals surface area (Å²) in [6, 6.07) is 6.25. The molecule has 1 saturated carbocycles. The summed E-state index contributed by atoms with van der Waals surface area (Å²) >= 11 is 0. The van der Waals surface area contributed by atoms with Crippen LogP contribution in [0.15, 0.2) is 27.4 Å². The van der Waals surface area contributed by atoms with Gasteiger partial charge in [0.25, 0.3) is 0 Å². The summed E-state index contributed by atoms with van der Waals surface area (Å²) in [5.41, 5.74) is 8.40. The predicted molar refractivity (Wildman–Crippen MR) is 73.9 cm³/mol. The van der Waals surface area contributed by atoms with Gasteiger partial charge in [0.05, 0.1) is 5.52 Å². The lowest BCUT2D eigenvalue weighted by Gasteiger charge is -2.32. The first-order valence-corrected chi connectivity index (χ1v) is 6.68. The number of aromatic nitrogens is 1. The summed E-state index contributed by atoms with van der Waals surface area (Å²) < 4.78 is 6.64. The zero-order valence-electron chi connectivity index (χ0n) is 11.1. The van der Waals surface area contributed by atoms with Crippen LogP contribution < -0.4 is 16.8 Å². The summed E-state index contributed by atoms with van der Waals surface area (Å²) in [6.45, 7) is 1.82. The summed E-state index contributed by atoms with van der Waals surface area (Å²) in [4.78, 5) is 11.4. The van der Waals surface area contributed by atoms with Crippen molar-refractivity contribution in [1.29, 1.82) is 0 Å². The highest BCUT2D eigenvalue weighted by molar-refractivity contribution is 5.73. The fourth-order valence-corrected chi connectivity index (χ4v) is 2.66. The van der Waals surface area contributed by atoms with E-state index in [2.05, 4.69) is 5.32 Å². The normalized spacial score (nSPS) is 22.6. The van der Waals surface area contributed by atoms with Crippen LogP contribution in [0.2, 0.25) is 0 Å². The average molecular weight is 261 g/mol. The highest BCUT2D eigenvalue weighted by Gasteiger charge is 2.24. The first-order chi connectivity index (χ1) is 9.13. The highest BCUT2D eigenvalue weighted by atomic mass is 16.4. The van der Waals surface area contributed by atoms with Crippen LogP contribution in [0.3, 0.4) is 0 Å². The maximum absolute atomic E-state index is 11.4. The van der Waals surface area contributed by atoms with Gasteiger partial charge < -0.3 is 15.5 Å². The lowest BCUT2D eigenvalue weighted by molar-refractivity contribution is 0.256. The predicted octanol–water partition coefficient (Wildman–Crippen LogP) is 0.958. The SMILES string of the molecule is Cn1c(=O)oc2ccc(CNCC3CC(N)C3)cc21. The van der Waals surface area contributed by atoms with Gasteiger partial charge in [-0.2, -0.15) is 0 Å². The van der Waals surface area contributed by atoms with Crippen LogP contribution in [0.25, 0.3) is 11.1 Å². The number of hydrogen-bond acceptors (Lipinski definition) is 4. The molecular weight excluding hydrogens is 242 g/mol. The molecule has 0 unspecified atom stereocenters. The van der Waals surface area contributed by atoms with Gasteiger partial charge in [0.2, 0.25) is 0 Å². The number of nitrogens with one attached hydrogen (secondary N) is 1. The molecule has 0 radical (unpaired) electrons. The lowest BCUT2D eigenvalue weighted by atomic mass is 9.81. The van der Waals surface area contributed by atoms with Crippen molar-refractivity contribution in [2.75, 3.05) is 6.54 Å². The molecule has 5 nitrogen and oxygen atoms in total. The Morgan fingerprint density at radius 3 is 3.00 bits per heavy atom. The molecule has 0 atom stereocenters. The van der Waals surface area contributed by atoms with E-state index in [1.165, 1.54) is 4.57 Å². The van der Waals surface area contributed by atoms with Gasteiger partial charge in [-0.3, -0.25) is 4.57 Å². The van der Waals surface area contributed by atoms with Gasteiger partial charge >= 0.3 is 5.76 Å². The fraction of sp³-hybridized carbons (Fsp3) is 0.500. The van der Waals surface area contributed by atoms with Crippen LogP contribution >= 0.6 is 0 Å². The zero-order chi connectivity index (χ0) is 13.4. The molecule has 1 aliphatic rings. The van der Waals surface area contributed by atoms with E-state index in [4.69, 9.17) is 10.2 Å². The smallest absolute Gasteiger partial charge is 0.408 e. The molecule has 2 aromatic rings. The van der Waals surface area contributed by atoms with Crippen LogP contribution in [0.1, 0.15) is 18.4 Å². The number of rotatable bonds is 4. The van der Waals surface area contributed by atoms with Gasteiger partial charge in [-0.1, -0.05) is 6.07 Å². The lowest BCUT2D eigenvalue weighted by Crippen LogP contribution is -2.41. The van der Waals surface area contributed by atoms with Gasteiger partial charge in [-0.15, -0.1) is 0 Å². The number of benzene rings is 1. The van der Waals surface area contributed by atoms with E-state index in [0.29, 0.717) is 11.6 Å². The minimum Gasteiger partial charge on any atom is -0.408 e. The Labute approximate surface area is 111 Å². The van der Waals surface area contributed by atoms with Crippen molar-refractivity contribution in [2.24, 2.45) is 18.7 Å². The maximum Gasteiger partial charge on any atom is 0.419 e. The number of fused-ring (bicyclic) bond motifs is 1. The van der Waals surface area contributed by atoms with Gasteiger partial charge in [-0.25, -0.2) is 4.79 Å². The molecule has 3 N–H and O–H groups in total. The van der Waals surface area contributed by atoms with Gasteiger partial charge in [-0.05, 0) is 43.0 Å². The third-order valence-corrected chi connectivity index (χ3v) is 3.89. The molecule has 1 heterocycles. The summed E-state index contributed by atoms with van der Waals surface area (Å²) in [7, 11) is 1.72. The molecule has 1 aromatic carbocycles. The summed E-state index contributed by atoms with van der Waals surface area (Å²) in [6.07, 6.45) is 2.25. The summed E-state index contributed by atoms with van der Waals surface area (Å²) in [5, 5.41) is 3.44. The Balaban J connectivity index is 1.64. The van der Waals surface area contributed by atoms with Gasteiger partial charge in [0.1, 0.15) is 0 Å². The van der Waals surface area contributed by atoms with Crippen LogP contribution in [-0.2, 0) is 13.6 Å². The molecule has 19 heavy (non-hydrogen) atoms. The van der Waals surface area contributed by atoms with E-state index in [1.807, 2.05) is 18.2 Å². The zero-order valence-corrected chi connectivity index (χ0v) is 11.1. The molecule has 102 valence electrons. The highest BCUT2D eigenvalue weighted by Crippen LogP contribution is 2.24. The molecule has 0 aliphatic heterocycles. The van der Waals surface area contributed by atoms with Crippen molar-refractivity contribution in [3.63, 3.8) is 0 Å². The molecule has 0 saturated heterocycles. The Hall–Kier alpha value is -1.59. The Morgan fingerprint density at radius 1 is 1.47 bits per heavy atom. The average Bonchev–Trinajstić information content (AvgIpc) is 2.63. The van der Waals surface area contributed by atoms with E-state index < -0.39 is 0 Å². The number of oxazole rings is 1. The largest absolute Gasteiger partial charge is 0.419 e. The van der Waals surface area contributed by atoms with Crippen molar-refractivity contribution >= 4 is 11.1 Å². The third-order valence-electron chi connectivity index (χ3n) is 3.89. The van der Waals surface area contributed by atoms with Crippen LogP contribution in [0, 0.1) is 5.92 Å². The molecule has 1 fully saturated rings. The molecule has 3 rings (SSSR count). The molecule has 0 spiro atoms. The Bertz CT molecular complexity index is 638. The number of nitrogens with two attached hydrogens (primary N) is 1. The molecule has 1 aromatic heterocycles. The summed E-state index contributed by atoms with van der Waals surface area (Å²) in [5.74, 6) is 0.403. The van der Waals surface area contributed by atoms with E-state index in [0.717, 1.165) is 42.9 Å². The van der Waals surface area contributed by atoms with Gasteiger partial charge in [0, 0.05) is 19.6 Å². The minimum absolute atomic E-state index is 0.316. The van der Waals surface area contributed by atoms with Crippen molar-refractivity contribution in [2.45, 2.75) is 25.4 Å². The molecule has 1 aliphatic carbocycles. The van der Waals surface area contributed by atoms with E-state index in [1.54, 1.807) is 7.05 Å². The second-order valence-electron chi connectivity index (χ2n) is 5.46. The number of hydrogen-bond donors (Lipinski definition) is 2. The van der Waals surface area contributed by atoms with Crippen molar-refractivity contribution in [3.05, 3.63) is 34.3 Å². The molecule has 0 bridgehead atoms. The Morgan fingerprint density at radius 2 is 2.26 bits per heavy atom.